The van der Waals surface area contributed by atoms with Crippen LogP contribution in [0.25, 0.3) is 11.1 Å². The van der Waals surface area contributed by atoms with Crippen LogP contribution in [-0.4, -0.2) is 16.1 Å². The van der Waals surface area contributed by atoms with Gasteiger partial charge in [-0.15, -0.1) is 0 Å². The second kappa shape index (κ2) is 11.0. The normalized spacial score (nSPS) is 14.9. The summed E-state index contributed by atoms with van der Waals surface area (Å²) in [7, 11) is -3.90. The molecular weight excluding hydrogens is 617 g/mol. The van der Waals surface area contributed by atoms with Crippen molar-refractivity contribution in [3.8, 4) is 23.3 Å². The lowest BCUT2D eigenvalue weighted by molar-refractivity contribution is 1.27. The minimum atomic E-state index is -1.95. The highest BCUT2D eigenvalue weighted by Crippen LogP contribution is 2.43. The molecule has 0 spiro atoms. The monoisotopic (exact) mass is 650 g/mol. The molecule has 0 saturated heterocycles. The summed E-state index contributed by atoms with van der Waals surface area (Å²) in [4.78, 5) is 4.65. The molecule has 2 heterocycles. The SMILES string of the molecule is C[Si]1(C)c2ccccc2N(c2ccc(C#N)c(-c3cc(N4c5ccccc5[Si](C)(C)c5ccccc54)ccc3C#N)c2)c2ccccc21. The average molecular weight is 651 g/mol. The molecule has 4 nitrogen and oxygen atoms in total. The number of nitriles is 2. The Bertz CT molecular complexity index is 2100. The predicted molar refractivity (Wildman–Crippen MR) is 204 cm³/mol. The van der Waals surface area contributed by atoms with Gasteiger partial charge in [0.1, 0.15) is 16.1 Å². The van der Waals surface area contributed by atoms with E-state index in [0.29, 0.717) is 11.1 Å². The number of para-hydroxylation sites is 4. The maximum absolute atomic E-state index is 10.4. The van der Waals surface area contributed by atoms with Crippen LogP contribution in [0.3, 0.4) is 0 Å². The van der Waals surface area contributed by atoms with E-state index in [4.69, 9.17) is 0 Å². The number of hydrogen-bond donors (Lipinski definition) is 0. The Labute approximate surface area is 284 Å². The number of rotatable bonds is 3. The second-order valence-corrected chi connectivity index (χ2v) is 22.3. The van der Waals surface area contributed by atoms with Crippen molar-refractivity contribution in [2.24, 2.45) is 0 Å². The van der Waals surface area contributed by atoms with Crippen molar-refractivity contribution in [3.63, 3.8) is 0 Å². The Hall–Kier alpha value is -5.67. The van der Waals surface area contributed by atoms with E-state index in [1.165, 1.54) is 43.5 Å². The van der Waals surface area contributed by atoms with Crippen molar-refractivity contribution >= 4 is 71.0 Å². The van der Waals surface area contributed by atoms with E-state index in [-0.39, 0.29) is 0 Å². The minimum Gasteiger partial charge on any atom is -0.311 e. The second-order valence-electron chi connectivity index (χ2n) is 13.7. The summed E-state index contributed by atoms with van der Waals surface area (Å²) < 4.78 is 0. The minimum absolute atomic E-state index is 0.536. The summed E-state index contributed by atoms with van der Waals surface area (Å²) in [5, 5.41) is 26.3. The van der Waals surface area contributed by atoms with Crippen molar-refractivity contribution in [3.05, 3.63) is 145 Å². The van der Waals surface area contributed by atoms with Gasteiger partial charge in [-0.05, 0) is 81.4 Å². The van der Waals surface area contributed by atoms with Gasteiger partial charge in [0.15, 0.2) is 0 Å². The van der Waals surface area contributed by atoms with Gasteiger partial charge in [-0.2, -0.15) is 10.5 Å². The Balaban J connectivity index is 1.34. The largest absolute Gasteiger partial charge is 0.311 e. The molecular formula is C42H34N4Si2. The molecule has 6 aromatic rings. The molecule has 0 aliphatic carbocycles. The van der Waals surface area contributed by atoms with Crippen LogP contribution in [0.2, 0.25) is 26.2 Å². The van der Waals surface area contributed by atoms with Crippen LogP contribution in [0.5, 0.6) is 0 Å². The van der Waals surface area contributed by atoms with Gasteiger partial charge in [0.05, 0.1) is 23.3 Å². The first kappa shape index (κ1) is 29.7. The summed E-state index contributed by atoms with van der Waals surface area (Å²) >= 11 is 0. The van der Waals surface area contributed by atoms with Crippen LogP contribution in [0.1, 0.15) is 11.1 Å². The van der Waals surface area contributed by atoms with Crippen LogP contribution < -0.4 is 30.5 Å². The van der Waals surface area contributed by atoms with E-state index in [9.17, 15) is 10.5 Å². The molecule has 8 rings (SSSR count). The van der Waals surface area contributed by atoms with Gasteiger partial charge >= 0.3 is 0 Å². The molecule has 0 N–H and O–H groups in total. The van der Waals surface area contributed by atoms with Crippen molar-refractivity contribution in [2.45, 2.75) is 26.2 Å². The Morgan fingerprint density at radius 2 is 0.708 bits per heavy atom. The standard InChI is InChI=1S/C42H34N4Si2/c1-47(2)39-17-9-5-13-35(39)45(36-14-6-10-18-40(36)47)31-23-21-29(27-43)33(25-31)34-26-32(24-22-30(34)28-44)46-37-15-7-11-19-41(37)48(3,4)42-20-12-8-16-38(42)46/h5-26H,1-4H3. The number of nitrogens with zero attached hydrogens (tertiary/aromatic N) is 4. The van der Waals surface area contributed by atoms with Gasteiger partial charge in [0.25, 0.3) is 0 Å². The first-order valence-electron chi connectivity index (χ1n) is 16.3. The smallest absolute Gasteiger partial charge is 0.117 e. The fourth-order valence-corrected chi connectivity index (χ4v) is 13.9. The Kier molecular flexibility index (Phi) is 6.78. The summed E-state index contributed by atoms with van der Waals surface area (Å²) in [6.45, 7) is 9.66. The van der Waals surface area contributed by atoms with Gasteiger partial charge in [-0.3, -0.25) is 0 Å². The molecule has 0 bridgehead atoms. The lowest BCUT2D eigenvalue weighted by atomic mass is 9.94. The van der Waals surface area contributed by atoms with Crippen LogP contribution in [0.4, 0.5) is 34.1 Å². The zero-order chi connectivity index (χ0) is 33.2. The quantitative estimate of drug-likeness (QED) is 0.181. The molecule has 0 unspecified atom stereocenters. The van der Waals surface area contributed by atoms with Crippen molar-refractivity contribution in [1.29, 1.82) is 10.5 Å². The molecule has 0 atom stereocenters. The third-order valence-electron chi connectivity index (χ3n) is 10.3. The highest BCUT2D eigenvalue weighted by Gasteiger charge is 2.39. The molecule has 2 aliphatic rings. The van der Waals surface area contributed by atoms with E-state index in [0.717, 1.165) is 22.5 Å². The molecule has 0 saturated carbocycles. The van der Waals surface area contributed by atoms with E-state index in [1.54, 1.807) is 0 Å². The van der Waals surface area contributed by atoms with E-state index in [1.807, 2.05) is 24.3 Å². The zero-order valence-electron chi connectivity index (χ0n) is 27.5. The third kappa shape index (κ3) is 4.31. The lowest BCUT2D eigenvalue weighted by Gasteiger charge is -2.41. The topological polar surface area (TPSA) is 54.1 Å². The lowest BCUT2D eigenvalue weighted by Crippen LogP contribution is -2.58. The van der Waals surface area contributed by atoms with E-state index >= 15 is 0 Å². The van der Waals surface area contributed by atoms with E-state index in [2.05, 4.69) is 157 Å². The van der Waals surface area contributed by atoms with Gasteiger partial charge in [-0.25, -0.2) is 0 Å². The van der Waals surface area contributed by atoms with Crippen LogP contribution in [-0.2, 0) is 0 Å². The first-order valence-corrected chi connectivity index (χ1v) is 22.3. The fourth-order valence-electron chi connectivity index (χ4n) is 7.88. The molecule has 0 fully saturated rings. The maximum atomic E-state index is 10.4. The van der Waals surface area contributed by atoms with Crippen LogP contribution in [0.15, 0.2) is 133 Å². The first-order chi connectivity index (χ1) is 23.3. The predicted octanol–water partition coefficient (Wildman–Crippen LogP) is 8.31. The summed E-state index contributed by atoms with van der Waals surface area (Å²) in [5.41, 5.74) is 9.18. The van der Waals surface area contributed by atoms with Crippen LogP contribution in [0, 0.1) is 22.7 Å². The Morgan fingerprint density at radius 1 is 0.417 bits per heavy atom. The van der Waals surface area contributed by atoms with E-state index < -0.39 is 16.1 Å². The highest BCUT2D eigenvalue weighted by molar-refractivity contribution is 7.03. The fraction of sp³-hybridized carbons (Fsp3) is 0.0952. The molecule has 230 valence electrons. The van der Waals surface area contributed by atoms with Gasteiger partial charge in [-0.1, -0.05) is 99.0 Å². The molecule has 48 heavy (non-hydrogen) atoms. The van der Waals surface area contributed by atoms with Crippen molar-refractivity contribution < 1.29 is 0 Å². The third-order valence-corrected chi connectivity index (χ3v) is 17.4. The van der Waals surface area contributed by atoms with Gasteiger partial charge in [0, 0.05) is 45.3 Å². The van der Waals surface area contributed by atoms with Crippen molar-refractivity contribution in [2.75, 3.05) is 9.80 Å². The summed E-state index contributed by atoms with van der Waals surface area (Å²) in [5.74, 6) is 0. The van der Waals surface area contributed by atoms with Crippen LogP contribution >= 0.6 is 0 Å². The molecule has 0 radical (unpaired) electrons. The summed E-state index contributed by atoms with van der Waals surface area (Å²) in [6.07, 6.45) is 0. The number of hydrogen-bond acceptors (Lipinski definition) is 4. The van der Waals surface area contributed by atoms with Crippen molar-refractivity contribution in [1.82, 2.24) is 0 Å². The molecule has 0 aromatic heterocycles. The van der Waals surface area contributed by atoms with Gasteiger partial charge < -0.3 is 9.80 Å². The highest BCUT2D eigenvalue weighted by atomic mass is 28.3. The molecule has 2 aliphatic heterocycles. The summed E-state index contributed by atoms with van der Waals surface area (Å²) in [6, 6.07) is 51.8. The Morgan fingerprint density at radius 3 is 1.00 bits per heavy atom. The number of fused-ring (bicyclic) bond motifs is 4. The number of anilines is 6. The molecule has 0 amide bonds. The zero-order valence-corrected chi connectivity index (χ0v) is 29.5. The molecule has 6 aromatic carbocycles. The average Bonchev–Trinajstić information content (AvgIpc) is 3.12. The number of benzene rings is 6. The molecule has 6 heteroatoms. The maximum Gasteiger partial charge on any atom is 0.117 e. The van der Waals surface area contributed by atoms with Gasteiger partial charge in [0.2, 0.25) is 0 Å².